The summed E-state index contributed by atoms with van der Waals surface area (Å²) in [5.41, 5.74) is 0. The molecule has 1 saturated heterocycles. The van der Waals surface area contributed by atoms with E-state index < -0.39 is 8.07 Å². The molecule has 0 aromatic rings. The van der Waals surface area contributed by atoms with Crippen molar-refractivity contribution in [3.63, 3.8) is 0 Å². The lowest BCUT2D eigenvalue weighted by molar-refractivity contribution is -0.0135. The minimum absolute atomic E-state index is 0.261. The summed E-state index contributed by atoms with van der Waals surface area (Å²) in [6.45, 7) is 10.7. The fraction of sp³-hybridized carbons (Fsp3) is 1.00. The van der Waals surface area contributed by atoms with Crippen molar-refractivity contribution in [1.82, 2.24) is 0 Å². The van der Waals surface area contributed by atoms with Gasteiger partial charge in [0.2, 0.25) is 0 Å². The van der Waals surface area contributed by atoms with E-state index in [1.54, 1.807) is 0 Å². The number of rotatable bonds is 6. The Morgan fingerprint density at radius 1 is 1.12 bits per heavy atom. The van der Waals surface area contributed by atoms with Gasteiger partial charge in [0, 0.05) is 6.61 Å². The summed E-state index contributed by atoms with van der Waals surface area (Å²) in [5, 5.41) is 0.261. The Morgan fingerprint density at radius 3 is 2.44 bits per heavy atom. The zero-order valence-electron chi connectivity index (χ0n) is 11.8. The zero-order chi connectivity index (χ0) is 12.1. The summed E-state index contributed by atoms with van der Waals surface area (Å²) in [7, 11) is -1.20. The van der Waals surface area contributed by atoms with Crippen LogP contribution in [-0.4, -0.2) is 19.9 Å². The fourth-order valence-corrected chi connectivity index (χ4v) is 5.73. The first-order valence-corrected chi connectivity index (χ1v) is 10.4. The Bertz CT molecular complexity index is 195. The molecule has 1 unspecified atom stereocenters. The van der Waals surface area contributed by atoms with E-state index in [0.29, 0.717) is 0 Å². The summed E-state index contributed by atoms with van der Waals surface area (Å²) in [6, 6.07) is 1.45. The van der Waals surface area contributed by atoms with E-state index >= 15 is 0 Å². The maximum atomic E-state index is 6.15. The molecule has 0 radical (unpaired) electrons. The van der Waals surface area contributed by atoms with E-state index in [1.165, 1.54) is 51.0 Å². The van der Waals surface area contributed by atoms with E-state index in [0.717, 1.165) is 6.61 Å². The molecule has 0 amide bonds. The highest BCUT2D eigenvalue weighted by Crippen LogP contribution is 2.36. The Kier molecular flexibility index (Phi) is 5.52. The van der Waals surface area contributed by atoms with Gasteiger partial charge in [0.25, 0.3) is 0 Å². The van der Waals surface area contributed by atoms with Crippen molar-refractivity contribution >= 4 is 8.07 Å². The second kappa shape index (κ2) is 6.20. The first-order valence-electron chi connectivity index (χ1n) is 7.16. The summed E-state index contributed by atoms with van der Waals surface area (Å²) >= 11 is 0. The van der Waals surface area contributed by atoms with E-state index in [2.05, 4.69) is 26.9 Å². The monoisotopic (exact) mass is 242 g/mol. The van der Waals surface area contributed by atoms with Gasteiger partial charge >= 0.3 is 0 Å². The van der Waals surface area contributed by atoms with Gasteiger partial charge in [-0.2, -0.15) is 0 Å². The largest absolute Gasteiger partial charge is 0.379 e. The van der Waals surface area contributed by atoms with E-state index in [4.69, 9.17) is 4.74 Å². The van der Waals surface area contributed by atoms with Crippen LogP contribution in [-0.2, 0) is 4.74 Å². The maximum Gasteiger partial charge on any atom is 0.0851 e. The third-order valence-corrected chi connectivity index (χ3v) is 9.42. The van der Waals surface area contributed by atoms with Gasteiger partial charge in [-0.05, 0) is 26.2 Å². The summed E-state index contributed by atoms with van der Waals surface area (Å²) < 4.78 is 6.15. The molecule has 0 aliphatic carbocycles. The Morgan fingerprint density at radius 2 is 1.88 bits per heavy atom. The molecule has 1 rings (SSSR count). The topological polar surface area (TPSA) is 9.23 Å². The lowest BCUT2D eigenvalue weighted by atomic mass is 10.1. The quantitative estimate of drug-likeness (QED) is 0.481. The molecule has 0 aromatic carbocycles. The van der Waals surface area contributed by atoms with Gasteiger partial charge in [0.1, 0.15) is 0 Å². The van der Waals surface area contributed by atoms with E-state index in [9.17, 15) is 0 Å². The van der Waals surface area contributed by atoms with E-state index in [1.807, 2.05) is 0 Å². The van der Waals surface area contributed by atoms with Gasteiger partial charge in [0.05, 0.1) is 13.3 Å². The Balaban J connectivity index is 2.41. The lowest BCUT2D eigenvalue weighted by Gasteiger charge is -2.45. The predicted molar refractivity (Wildman–Crippen MR) is 74.6 cm³/mol. The van der Waals surface area contributed by atoms with Crippen LogP contribution in [0.5, 0.6) is 0 Å². The van der Waals surface area contributed by atoms with Gasteiger partial charge in [-0.25, -0.2) is 0 Å². The highest BCUT2D eigenvalue weighted by molar-refractivity contribution is 6.80. The van der Waals surface area contributed by atoms with Crippen molar-refractivity contribution in [2.45, 2.75) is 83.2 Å². The van der Waals surface area contributed by atoms with Crippen molar-refractivity contribution in [1.29, 1.82) is 0 Å². The van der Waals surface area contributed by atoms with Crippen LogP contribution in [0, 0.1) is 0 Å². The normalized spacial score (nSPS) is 27.0. The number of hydrogen-bond donors (Lipinski definition) is 0. The molecule has 16 heavy (non-hydrogen) atoms. The van der Waals surface area contributed by atoms with Gasteiger partial charge < -0.3 is 4.74 Å². The van der Waals surface area contributed by atoms with Crippen LogP contribution in [0.15, 0.2) is 0 Å². The second-order valence-electron chi connectivity index (χ2n) is 6.23. The van der Waals surface area contributed by atoms with E-state index in [-0.39, 0.29) is 5.22 Å². The number of hydrogen-bond acceptors (Lipinski definition) is 1. The van der Waals surface area contributed by atoms with Crippen LogP contribution in [0.1, 0.15) is 58.8 Å². The Labute approximate surface area is 103 Å². The zero-order valence-corrected chi connectivity index (χ0v) is 12.8. The van der Waals surface area contributed by atoms with Crippen molar-refractivity contribution < 1.29 is 4.74 Å². The summed E-state index contributed by atoms with van der Waals surface area (Å²) in [5.74, 6) is 0. The third-order valence-electron chi connectivity index (χ3n) is 4.56. The molecule has 2 heteroatoms. The van der Waals surface area contributed by atoms with Gasteiger partial charge in [-0.1, -0.05) is 51.7 Å². The Hall–Kier alpha value is 0.177. The standard InChI is InChI=1S/C14H30OSi/c1-5-6-7-10-13-16(3,4)14(2)11-8-9-12-15-14/h5-13H2,1-4H3. The fourth-order valence-electron chi connectivity index (χ4n) is 2.73. The molecule has 1 heterocycles. The molecule has 1 aliphatic heterocycles. The molecule has 0 saturated carbocycles. The minimum atomic E-state index is -1.20. The van der Waals surface area contributed by atoms with Crippen molar-refractivity contribution in [2.75, 3.05) is 6.61 Å². The van der Waals surface area contributed by atoms with Crippen LogP contribution in [0.2, 0.25) is 19.1 Å². The van der Waals surface area contributed by atoms with Crippen molar-refractivity contribution in [3.8, 4) is 0 Å². The molecular formula is C14H30OSi. The lowest BCUT2D eigenvalue weighted by Crippen LogP contribution is -2.55. The second-order valence-corrected chi connectivity index (χ2v) is 11.6. The number of ether oxygens (including phenoxy) is 1. The smallest absolute Gasteiger partial charge is 0.0851 e. The molecule has 0 bridgehead atoms. The average Bonchev–Trinajstić information content (AvgIpc) is 2.25. The summed E-state index contributed by atoms with van der Waals surface area (Å²) in [4.78, 5) is 0. The molecule has 0 N–H and O–H groups in total. The molecule has 96 valence electrons. The minimum Gasteiger partial charge on any atom is -0.379 e. The molecular weight excluding hydrogens is 212 g/mol. The highest BCUT2D eigenvalue weighted by atomic mass is 28.3. The first kappa shape index (κ1) is 14.2. The van der Waals surface area contributed by atoms with Gasteiger partial charge in [-0.15, -0.1) is 0 Å². The maximum absolute atomic E-state index is 6.15. The highest BCUT2D eigenvalue weighted by Gasteiger charge is 2.43. The molecule has 1 atom stereocenters. The molecule has 1 aliphatic rings. The first-order chi connectivity index (χ1) is 7.52. The third kappa shape index (κ3) is 3.59. The van der Waals surface area contributed by atoms with Gasteiger partial charge in [-0.3, -0.25) is 0 Å². The van der Waals surface area contributed by atoms with Crippen LogP contribution >= 0.6 is 0 Å². The van der Waals surface area contributed by atoms with Gasteiger partial charge in [0.15, 0.2) is 0 Å². The average molecular weight is 242 g/mol. The predicted octanol–water partition coefficient (Wildman–Crippen LogP) is 4.77. The SMILES string of the molecule is CCCCCC[Si](C)(C)C1(C)CCCCO1. The van der Waals surface area contributed by atoms with Crippen molar-refractivity contribution in [2.24, 2.45) is 0 Å². The van der Waals surface area contributed by atoms with Crippen LogP contribution in [0.3, 0.4) is 0 Å². The molecule has 1 nitrogen and oxygen atoms in total. The van der Waals surface area contributed by atoms with Crippen LogP contribution in [0.4, 0.5) is 0 Å². The summed E-state index contributed by atoms with van der Waals surface area (Å²) in [6.07, 6.45) is 9.55. The van der Waals surface area contributed by atoms with Crippen LogP contribution in [0.25, 0.3) is 0 Å². The molecule has 0 aromatic heterocycles. The number of unbranched alkanes of at least 4 members (excludes halogenated alkanes) is 3. The molecule has 0 spiro atoms. The molecule has 1 fully saturated rings. The van der Waals surface area contributed by atoms with Crippen molar-refractivity contribution in [3.05, 3.63) is 0 Å². The van der Waals surface area contributed by atoms with Crippen LogP contribution < -0.4 is 0 Å².